The highest BCUT2D eigenvalue weighted by atomic mass is 35.5. The number of likely N-dealkylation sites (tertiary alicyclic amines) is 1. The lowest BCUT2D eigenvalue weighted by Gasteiger charge is -2.40. The van der Waals surface area contributed by atoms with E-state index in [0.717, 1.165) is 54.4 Å². The van der Waals surface area contributed by atoms with E-state index in [1.54, 1.807) is 17.5 Å². The number of piperazine rings is 1. The summed E-state index contributed by atoms with van der Waals surface area (Å²) in [6.07, 6.45) is 5.86. The predicted octanol–water partition coefficient (Wildman–Crippen LogP) is 5.12. The molecule has 0 spiro atoms. The van der Waals surface area contributed by atoms with Crippen LogP contribution in [0.15, 0.2) is 48.1 Å². The lowest BCUT2D eigenvalue weighted by molar-refractivity contribution is 0.0397. The van der Waals surface area contributed by atoms with E-state index < -0.39 is 0 Å². The number of halogens is 1. The van der Waals surface area contributed by atoms with Crippen molar-refractivity contribution in [3.05, 3.63) is 69.5 Å². The monoisotopic (exact) mass is 506 g/mol. The molecule has 0 radical (unpaired) electrons. The van der Waals surface area contributed by atoms with Crippen LogP contribution in [0.4, 0.5) is 0 Å². The van der Waals surface area contributed by atoms with Crippen molar-refractivity contribution < 1.29 is 4.79 Å². The van der Waals surface area contributed by atoms with Crippen LogP contribution in [0.3, 0.4) is 0 Å². The van der Waals surface area contributed by atoms with Crippen LogP contribution in [-0.4, -0.2) is 60.2 Å². The molecule has 35 heavy (non-hydrogen) atoms. The third-order valence-electron chi connectivity index (χ3n) is 7.02. The van der Waals surface area contributed by atoms with E-state index in [-0.39, 0.29) is 18.0 Å². The summed E-state index contributed by atoms with van der Waals surface area (Å²) in [5, 5.41) is 3.65. The molecule has 2 fully saturated rings. The van der Waals surface area contributed by atoms with Gasteiger partial charge >= 0.3 is 0 Å². The Labute approximate surface area is 213 Å². The molecule has 7 nitrogen and oxygen atoms in total. The van der Waals surface area contributed by atoms with Crippen LogP contribution in [-0.2, 0) is 6.54 Å². The van der Waals surface area contributed by atoms with E-state index in [1.165, 1.54) is 0 Å². The van der Waals surface area contributed by atoms with Crippen LogP contribution in [0.1, 0.15) is 53.8 Å². The van der Waals surface area contributed by atoms with Crippen LogP contribution in [0, 0.1) is 0 Å². The zero-order valence-corrected chi connectivity index (χ0v) is 21.3. The van der Waals surface area contributed by atoms with E-state index in [2.05, 4.69) is 38.0 Å². The number of hydrogen-bond acceptors (Lipinski definition) is 6. The lowest BCUT2D eigenvalue weighted by atomic mass is 10.1. The molecule has 6 rings (SSSR count). The van der Waals surface area contributed by atoms with Crippen molar-refractivity contribution in [2.45, 2.75) is 51.2 Å². The van der Waals surface area contributed by atoms with Gasteiger partial charge in [0.15, 0.2) is 0 Å². The van der Waals surface area contributed by atoms with Crippen LogP contribution in [0.25, 0.3) is 17.0 Å². The predicted molar refractivity (Wildman–Crippen MR) is 138 cm³/mol. The molecular formula is C26H27ClN6OS. The molecule has 5 heterocycles. The normalized spacial score (nSPS) is 20.3. The SMILES string of the molecule is CC(C)c1nc(C(=O)N2C3CCC2CN(Cc2c(-c4ccc(Cl)cc4)nc4ncccn24)C3)cs1. The summed E-state index contributed by atoms with van der Waals surface area (Å²) in [6.45, 7) is 6.66. The number of imidazole rings is 1. The maximum atomic E-state index is 13.4. The van der Waals surface area contributed by atoms with Crippen molar-refractivity contribution in [3.63, 3.8) is 0 Å². The third-order valence-corrected chi connectivity index (χ3v) is 8.42. The van der Waals surface area contributed by atoms with Gasteiger partial charge < -0.3 is 4.90 Å². The summed E-state index contributed by atoms with van der Waals surface area (Å²) < 4.78 is 2.08. The van der Waals surface area contributed by atoms with Crippen molar-refractivity contribution in [2.75, 3.05) is 13.1 Å². The Kier molecular flexibility index (Phi) is 5.82. The molecule has 2 aliphatic rings. The number of aromatic nitrogens is 4. The molecule has 2 aliphatic heterocycles. The lowest BCUT2D eigenvalue weighted by Crippen LogP contribution is -2.55. The molecule has 2 atom stereocenters. The second-order valence-corrected chi connectivity index (χ2v) is 11.0. The van der Waals surface area contributed by atoms with E-state index in [0.29, 0.717) is 22.4 Å². The van der Waals surface area contributed by atoms with Gasteiger partial charge in [-0.15, -0.1) is 11.3 Å². The van der Waals surface area contributed by atoms with Crippen LogP contribution >= 0.6 is 22.9 Å². The minimum Gasteiger partial charge on any atom is -0.329 e. The summed E-state index contributed by atoms with van der Waals surface area (Å²) >= 11 is 7.71. The van der Waals surface area contributed by atoms with Gasteiger partial charge in [-0.2, -0.15) is 0 Å². The highest BCUT2D eigenvalue weighted by Crippen LogP contribution is 2.34. The van der Waals surface area contributed by atoms with Gasteiger partial charge in [-0.25, -0.2) is 15.0 Å². The maximum absolute atomic E-state index is 13.4. The molecule has 2 saturated heterocycles. The number of amides is 1. The van der Waals surface area contributed by atoms with Gasteiger partial charge in [0.2, 0.25) is 5.78 Å². The molecule has 0 saturated carbocycles. The minimum absolute atomic E-state index is 0.0844. The van der Waals surface area contributed by atoms with Gasteiger partial charge in [0.05, 0.1) is 16.4 Å². The first-order valence-corrected chi connectivity index (χ1v) is 13.3. The summed E-state index contributed by atoms with van der Waals surface area (Å²) in [5.41, 5.74) is 3.66. The van der Waals surface area contributed by atoms with Crippen LogP contribution in [0.5, 0.6) is 0 Å². The zero-order valence-electron chi connectivity index (χ0n) is 19.8. The third kappa shape index (κ3) is 4.13. The van der Waals surface area contributed by atoms with Crippen LogP contribution < -0.4 is 0 Å². The fourth-order valence-corrected chi connectivity index (χ4v) is 6.31. The largest absolute Gasteiger partial charge is 0.329 e. The first-order chi connectivity index (χ1) is 17.0. The molecule has 3 aromatic heterocycles. The Morgan fingerprint density at radius 2 is 1.89 bits per heavy atom. The Hall–Kier alpha value is -2.81. The van der Waals surface area contributed by atoms with Crippen molar-refractivity contribution in [2.24, 2.45) is 0 Å². The first-order valence-electron chi connectivity index (χ1n) is 12.1. The number of carbonyl (C=O) groups excluding carboxylic acids is 1. The second kappa shape index (κ2) is 9.00. The standard InChI is InChI=1S/C26H27ClN6OS/c1-16(2)24-29-21(15-35-24)25(34)33-19-8-9-20(33)13-31(12-19)14-22-23(17-4-6-18(27)7-5-17)30-26-28-10-3-11-32(22)26/h3-7,10-11,15-16,19-20H,8-9,12-14H2,1-2H3. The highest BCUT2D eigenvalue weighted by Gasteiger charge is 2.43. The van der Waals surface area contributed by atoms with Gasteiger partial charge in [0.1, 0.15) is 5.69 Å². The average molecular weight is 507 g/mol. The Morgan fingerprint density at radius 3 is 2.57 bits per heavy atom. The second-order valence-electron chi connectivity index (χ2n) is 9.72. The number of benzene rings is 1. The Morgan fingerprint density at radius 1 is 1.14 bits per heavy atom. The number of thiazole rings is 1. The van der Waals surface area contributed by atoms with Gasteiger partial charge in [0, 0.05) is 66.0 Å². The van der Waals surface area contributed by atoms with Crippen molar-refractivity contribution in [1.82, 2.24) is 29.2 Å². The molecule has 4 aromatic rings. The number of nitrogens with zero attached hydrogens (tertiary/aromatic N) is 6. The topological polar surface area (TPSA) is 66.6 Å². The molecule has 1 amide bonds. The average Bonchev–Trinajstić information content (AvgIpc) is 3.55. The van der Waals surface area contributed by atoms with Crippen LogP contribution in [0.2, 0.25) is 5.02 Å². The summed E-state index contributed by atoms with van der Waals surface area (Å²) in [5.74, 6) is 1.11. The Balaban J connectivity index is 1.26. The molecular weight excluding hydrogens is 480 g/mol. The van der Waals surface area contributed by atoms with E-state index in [9.17, 15) is 4.79 Å². The fraction of sp³-hybridized carbons (Fsp3) is 0.385. The number of fused-ring (bicyclic) bond motifs is 3. The van der Waals surface area contributed by atoms with Crippen molar-refractivity contribution in [3.8, 4) is 11.3 Å². The minimum atomic E-state index is 0.0844. The smallest absolute Gasteiger partial charge is 0.273 e. The van der Waals surface area contributed by atoms with Gasteiger partial charge in [0.25, 0.3) is 5.91 Å². The molecule has 2 unspecified atom stereocenters. The summed E-state index contributed by atoms with van der Waals surface area (Å²) in [7, 11) is 0. The van der Waals surface area contributed by atoms with E-state index >= 15 is 0 Å². The molecule has 9 heteroatoms. The quantitative estimate of drug-likeness (QED) is 0.376. The number of hydrogen-bond donors (Lipinski definition) is 0. The maximum Gasteiger partial charge on any atom is 0.273 e. The van der Waals surface area contributed by atoms with Crippen molar-refractivity contribution >= 4 is 34.6 Å². The fourth-order valence-electron chi connectivity index (χ4n) is 5.37. The Bertz CT molecular complexity index is 1370. The molecule has 0 N–H and O–H groups in total. The summed E-state index contributed by atoms with van der Waals surface area (Å²) in [4.78, 5) is 31.9. The van der Waals surface area contributed by atoms with E-state index in [4.69, 9.17) is 16.6 Å². The first kappa shape index (κ1) is 22.6. The molecule has 0 aliphatic carbocycles. The highest BCUT2D eigenvalue weighted by molar-refractivity contribution is 7.09. The van der Waals surface area contributed by atoms with Gasteiger partial charge in [-0.3, -0.25) is 14.1 Å². The molecule has 180 valence electrons. The molecule has 2 bridgehead atoms. The molecule has 1 aromatic carbocycles. The number of rotatable bonds is 5. The van der Waals surface area contributed by atoms with Gasteiger partial charge in [-0.1, -0.05) is 37.6 Å². The van der Waals surface area contributed by atoms with Crippen molar-refractivity contribution in [1.29, 1.82) is 0 Å². The van der Waals surface area contributed by atoms with Gasteiger partial charge in [-0.05, 0) is 31.0 Å². The number of carbonyl (C=O) groups is 1. The summed E-state index contributed by atoms with van der Waals surface area (Å²) in [6, 6.07) is 10.2. The van der Waals surface area contributed by atoms with E-state index in [1.807, 2.05) is 41.9 Å². The zero-order chi connectivity index (χ0) is 24.1.